The molecule has 0 bridgehead atoms. The maximum absolute atomic E-state index is 8.71. The number of nitrogens with zero attached hydrogens (tertiary/aromatic N) is 4. The lowest BCUT2D eigenvalue weighted by atomic mass is 10.1. The molecule has 1 aromatic carbocycles. The van der Waals surface area contributed by atoms with E-state index in [4.69, 9.17) is 9.94 Å². The molecule has 0 atom stereocenters. The van der Waals surface area contributed by atoms with Crippen LogP contribution >= 0.6 is 0 Å². The Morgan fingerprint density at radius 2 is 2.07 bits per heavy atom. The molecule has 1 aliphatic carbocycles. The average Bonchev–Trinajstić information content (AvgIpc) is 3.41. The van der Waals surface area contributed by atoms with E-state index in [1.807, 2.05) is 69.7 Å². The van der Waals surface area contributed by atoms with E-state index >= 15 is 0 Å². The number of oxime groups is 1. The summed E-state index contributed by atoms with van der Waals surface area (Å²) in [6, 6.07) is 6.10. The van der Waals surface area contributed by atoms with E-state index in [1.165, 1.54) is 5.56 Å². The molecule has 0 spiro atoms. The van der Waals surface area contributed by atoms with Gasteiger partial charge in [0.05, 0.1) is 18.5 Å². The highest BCUT2D eigenvalue weighted by atomic mass is 16.5. The normalized spacial score (nSPS) is 13.8. The zero-order chi connectivity index (χ0) is 22.1. The minimum atomic E-state index is 0.776. The lowest BCUT2D eigenvalue weighted by molar-refractivity contribution is 0.318. The van der Waals surface area contributed by atoms with E-state index in [-0.39, 0.29) is 0 Å². The Kier molecular flexibility index (Phi) is 8.41. The minimum Gasteiger partial charge on any atom is -0.495 e. The molecule has 0 aliphatic heterocycles. The van der Waals surface area contributed by atoms with Gasteiger partial charge < -0.3 is 19.7 Å². The summed E-state index contributed by atoms with van der Waals surface area (Å²) >= 11 is 0. The van der Waals surface area contributed by atoms with Crippen LogP contribution in [-0.4, -0.2) is 39.4 Å². The van der Waals surface area contributed by atoms with E-state index in [0.717, 1.165) is 52.6 Å². The average molecular weight is 410 g/mol. The summed E-state index contributed by atoms with van der Waals surface area (Å²) in [6.45, 7) is 7.86. The summed E-state index contributed by atoms with van der Waals surface area (Å²) in [4.78, 5) is 8.65. The number of aromatic nitrogens is 3. The Hall–Kier alpha value is -3.35. The SMILES string of the molecule is C/C=C(\OC)c1cn2ccnc(C)c2n1.CC.CNc1ccc2c(c1)CC/C2=N/O. The number of ether oxygens (including phenoxy) is 1. The number of imidazole rings is 1. The standard InChI is InChI=1S/C11H13N3O.C10H12N2O.C2H6/c1-4-10(15-3)9-7-14-6-5-12-8(2)11(14)13-9;1-11-8-3-4-9-7(6-8)2-5-10(9)12-13;1-2/h4-7H,1-3H3;3-4,6,11,13H,2,5H2,1H3;1-2H3/b10-4-;12-10-;. The van der Waals surface area contributed by atoms with Gasteiger partial charge in [0.2, 0.25) is 0 Å². The summed E-state index contributed by atoms with van der Waals surface area (Å²) in [5.41, 5.74) is 6.87. The van der Waals surface area contributed by atoms with Crippen molar-refractivity contribution in [2.24, 2.45) is 5.16 Å². The van der Waals surface area contributed by atoms with Crippen molar-refractivity contribution in [3.63, 3.8) is 0 Å². The molecule has 7 nitrogen and oxygen atoms in total. The zero-order valence-corrected chi connectivity index (χ0v) is 18.6. The van der Waals surface area contributed by atoms with Crippen molar-refractivity contribution in [3.05, 3.63) is 65.4 Å². The van der Waals surface area contributed by atoms with Gasteiger partial charge in [-0.05, 0) is 50.5 Å². The maximum atomic E-state index is 8.71. The summed E-state index contributed by atoms with van der Waals surface area (Å²) < 4.78 is 7.16. The van der Waals surface area contributed by atoms with Crippen LogP contribution in [0.3, 0.4) is 0 Å². The molecular weight excluding hydrogens is 378 g/mol. The third-order valence-corrected chi connectivity index (χ3v) is 4.74. The van der Waals surface area contributed by atoms with Crippen molar-refractivity contribution in [1.29, 1.82) is 0 Å². The molecule has 0 saturated heterocycles. The van der Waals surface area contributed by atoms with Gasteiger partial charge >= 0.3 is 0 Å². The number of rotatable bonds is 3. The zero-order valence-electron chi connectivity index (χ0n) is 18.6. The van der Waals surface area contributed by atoms with Crippen molar-refractivity contribution in [1.82, 2.24) is 14.4 Å². The molecule has 0 fully saturated rings. The Labute approximate surface area is 178 Å². The number of fused-ring (bicyclic) bond motifs is 2. The van der Waals surface area contributed by atoms with Gasteiger partial charge in [-0.2, -0.15) is 0 Å². The molecule has 0 unspecified atom stereocenters. The van der Waals surface area contributed by atoms with Gasteiger partial charge in [-0.1, -0.05) is 25.1 Å². The van der Waals surface area contributed by atoms with Gasteiger partial charge in [-0.3, -0.25) is 4.98 Å². The van der Waals surface area contributed by atoms with Gasteiger partial charge in [0.1, 0.15) is 11.5 Å². The predicted octanol–water partition coefficient (Wildman–Crippen LogP) is 4.92. The first kappa shape index (κ1) is 22.9. The molecule has 30 heavy (non-hydrogen) atoms. The minimum absolute atomic E-state index is 0.776. The van der Waals surface area contributed by atoms with E-state index in [0.29, 0.717) is 0 Å². The van der Waals surface area contributed by atoms with Crippen molar-refractivity contribution in [2.45, 2.75) is 40.5 Å². The lowest BCUT2D eigenvalue weighted by Crippen LogP contribution is -1.95. The van der Waals surface area contributed by atoms with Crippen LogP contribution in [0.5, 0.6) is 0 Å². The molecule has 7 heteroatoms. The highest BCUT2D eigenvalue weighted by Gasteiger charge is 2.17. The van der Waals surface area contributed by atoms with E-state index in [1.54, 1.807) is 13.3 Å². The van der Waals surface area contributed by atoms with Gasteiger partial charge in [0, 0.05) is 36.9 Å². The van der Waals surface area contributed by atoms with Gasteiger partial charge in [0.15, 0.2) is 5.65 Å². The number of anilines is 1. The van der Waals surface area contributed by atoms with Crippen LogP contribution in [-0.2, 0) is 11.2 Å². The molecular formula is C23H31N5O2. The van der Waals surface area contributed by atoms with Crippen molar-refractivity contribution in [3.8, 4) is 0 Å². The number of hydrogen-bond acceptors (Lipinski definition) is 6. The van der Waals surface area contributed by atoms with Gasteiger partial charge in [0.25, 0.3) is 0 Å². The van der Waals surface area contributed by atoms with Crippen molar-refractivity contribution < 1.29 is 9.94 Å². The topological polar surface area (TPSA) is 84.0 Å². The number of nitrogens with one attached hydrogen (secondary N) is 1. The summed E-state index contributed by atoms with van der Waals surface area (Å²) in [6.07, 6.45) is 9.29. The molecule has 160 valence electrons. The fourth-order valence-corrected chi connectivity index (χ4v) is 3.27. The van der Waals surface area contributed by atoms with E-state index in [2.05, 4.69) is 26.5 Å². The molecule has 4 rings (SSSR count). The quantitative estimate of drug-likeness (QED) is 0.364. The second-order valence-corrected chi connectivity index (χ2v) is 6.40. The second kappa shape index (κ2) is 11.0. The molecule has 0 amide bonds. The third kappa shape index (κ3) is 4.97. The summed E-state index contributed by atoms with van der Waals surface area (Å²) in [7, 11) is 3.54. The van der Waals surface area contributed by atoms with Crippen LogP contribution in [0.2, 0.25) is 0 Å². The van der Waals surface area contributed by atoms with Crippen LogP contribution in [0.25, 0.3) is 11.4 Å². The first-order chi connectivity index (χ1) is 14.6. The summed E-state index contributed by atoms with van der Waals surface area (Å²) in [5, 5.41) is 15.1. The molecule has 2 heterocycles. The molecule has 1 aliphatic rings. The highest BCUT2D eigenvalue weighted by Crippen LogP contribution is 2.25. The van der Waals surface area contributed by atoms with Crippen LogP contribution < -0.4 is 5.32 Å². The fourth-order valence-electron chi connectivity index (χ4n) is 3.27. The largest absolute Gasteiger partial charge is 0.495 e. The first-order valence-corrected chi connectivity index (χ1v) is 10.1. The summed E-state index contributed by atoms with van der Waals surface area (Å²) in [5.74, 6) is 0.776. The molecule has 0 radical (unpaired) electrons. The smallest absolute Gasteiger partial charge is 0.159 e. The van der Waals surface area contributed by atoms with Crippen molar-refractivity contribution >= 4 is 22.8 Å². The number of benzene rings is 1. The second-order valence-electron chi connectivity index (χ2n) is 6.40. The van der Waals surface area contributed by atoms with Gasteiger partial charge in [-0.15, -0.1) is 0 Å². The highest BCUT2D eigenvalue weighted by molar-refractivity contribution is 6.04. The Balaban J connectivity index is 0.000000199. The predicted molar refractivity (Wildman–Crippen MR) is 122 cm³/mol. The monoisotopic (exact) mass is 409 g/mol. The van der Waals surface area contributed by atoms with E-state index < -0.39 is 0 Å². The van der Waals surface area contributed by atoms with Crippen LogP contribution in [0, 0.1) is 6.92 Å². The van der Waals surface area contributed by atoms with Crippen LogP contribution in [0.15, 0.2) is 48.0 Å². The Bertz CT molecular complexity index is 1040. The van der Waals surface area contributed by atoms with Gasteiger partial charge in [-0.25, -0.2) is 4.98 Å². The lowest BCUT2D eigenvalue weighted by Gasteiger charge is -2.02. The fraction of sp³-hybridized carbons (Fsp3) is 0.348. The molecule has 3 aromatic rings. The Morgan fingerprint density at radius 1 is 1.30 bits per heavy atom. The molecule has 0 saturated carbocycles. The number of methoxy groups -OCH3 is 1. The number of allylic oxidation sites excluding steroid dienone is 1. The molecule has 2 aromatic heterocycles. The maximum Gasteiger partial charge on any atom is 0.159 e. The first-order valence-electron chi connectivity index (χ1n) is 10.1. The molecule has 2 N–H and O–H groups in total. The Morgan fingerprint density at radius 3 is 2.67 bits per heavy atom. The van der Waals surface area contributed by atoms with Crippen LogP contribution in [0.4, 0.5) is 5.69 Å². The number of aryl methyl sites for hydroxylation is 2. The third-order valence-electron chi connectivity index (χ3n) is 4.74. The van der Waals surface area contributed by atoms with Crippen molar-refractivity contribution in [2.75, 3.05) is 19.5 Å². The van der Waals surface area contributed by atoms with Crippen LogP contribution in [0.1, 0.15) is 49.7 Å². The number of hydrogen-bond donors (Lipinski definition) is 2. The van der Waals surface area contributed by atoms with E-state index in [9.17, 15) is 0 Å².